The van der Waals surface area contributed by atoms with Crippen LogP contribution in [-0.2, 0) is 4.79 Å². The van der Waals surface area contributed by atoms with Crippen LogP contribution in [0.4, 0.5) is 0 Å². The van der Waals surface area contributed by atoms with Crippen molar-refractivity contribution in [3.8, 4) is 0 Å². The van der Waals surface area contributed by atoms with Crippen molar-refractivity contribution in [1.29, 1.82) is 0 Å². The highest BCUT2D eigenvalue weighted by Crippen LogP contribution is 2.43. The van der Waals surface area contributed by atoms with Crippen molar-refractivity contribution in [1.82, 2.24) is 5.32 Å². The van der Waals surface area contributed by atoms with Crippen LogP contribution in [0.2, 0.25) is 0 Å². The van der Waals surface area contributed by atoms with Crippen molar-refractivity contribution < 1.29 is 9.90 Å². The lowest BCUT2D eigenvalue weighted by Crippen LogP contribution is -2.50. The van der Waals surface area contributed by atoms with E-state index in [4.69, 9.17) is 5.11 Å². The van der Waals surface area contributed by atoms with Crippen LogP contribution in [0.5, 0.6) is 0 Å². The zero-order valence-corrected chi connectivity index (χ0v) is 7.34. The second kappa shape index (κ2) is 2.46. The molecule has 1 saturated carbocycles. The molecule has 12 heavy (non-hydrogen) atoms. The van der Waals surface area contributed by atoms with Crippen LogP contribution in [0, 0.1) is 5.92 Å². The lowest BCUT2D eigenvalue weighted by atomic mass is 9.89. The van der Waals surface area contributed by atoms with Gasteiger partial charge in [-0.1, -0.05) is 6.42 Å². The van der Waals surface area contributed by atoms with Crippen molar-refractivity contribution in [3.05, 3.63) is 0 Å². The number of carboxylic acid groups (broad SMARTS) is 1. The molecule has 1 heterocycles. The van der Waals surface area contributed by atoms with Crippen LogP contribution >= 0.6 is 0 Å². The van der Waals surface area contributed by atoms with Gasteiger partial charge in [-0.2, -0.15) is 0 Å². The molecule has 0 bridgehead atoms. The molecule has 0 radical (unpaired) electrons. The fraction of sp³-hybridized carbons (Fsp3) is 0.889. The zero-order valence-electron chi connectivity index (χ0n) is 7.34. The summed E-state index contributed by atoms with van der Waals surface area (Å²) < 4.78 is 0. The SMILES string of the molecule is C[C@H]1C[C@@H]2CCC[C@]2(C(=O)O)N1. The highest BCUT2D eigenvalue weighted by atomic mass is 16.4. The quantitative estimate of drug-likeness (QED) is 0.615. The molecule has 0 amide bonds. The Morgan fingerprint density at radius 2 is 2.42 bits per heavy atom. The molecular formula is C9H15NO2. The maximum absolute atomic E-state index is 11.1. The fourth-order valence-corrected chi connectivity index (χ4v) is 2.86. The van der Waals surface area contributed by atoms with Crippen molar-refractivity contribution in [2.24, 2.45) is 5.92 Å². The van der Waals surface area contributed by atoms with Gasteiger partial charge in [-0.15, -0.1) is 0 Å². The molecule has 0 aromatic carbocycles. The van der Waals surface area contributed by atoms with Gasteiger partial charge in [0, 0.05) is 6.04 Å². The summed E-state index contributed by atoms with van der Waals surface area (Å²) in [4.78, 5) is 11.1. The standard InChI is InChI=1S/C9H15NO2/c1-6-5-7-3-2-4-9(7,10-6)8(11)12/h6-7,10H,2-5H2,1H3,(H,11,12)/t6-,7-,9-/m0/s1. The average molecular weight is 169 g/mol. The lowest BCUT2D eigenvalue weighted by molar-refractivity contribution is -0.145. The normalized spacial score (nSPS) is 46.1. The molecule has 0 aromatic heterocycles. The first-order chi connectivity index (χ1) is 5.65. The Kier molecular flexibility index (Phi) is 1.65. The molecule has 2 fully saturated rings. The Hall–Kier alpha value is -0.570. The molecule has 3 atom stereocenters. The van der Waals surface area contributed by atoms with Gasteiger partial charge >= 0.3 is 5.97 Å². The van der Waals surface area contributed by atoms with Crippen molar-refractivity contribution >= 4 is 5.97 Å². The van der Waals surface area contributed by atoms with E-state index in [0.29, 0.717) is 12.0 Å². The summed E-state index contributed by atoms with van der Waals surface area (Å²) in [6.45, 7) is 2.07. The third-order valence-corrected chi connectivity index (χ3v) is 3.34. The van der Waals surface area contributed by atoms with Crippen LogP contribution in [-0.4, -0.2) is 22.7 Å². The van der Waals surface area contributed by atoms with E-state index in [0.717, 1.165) is 25.7 Å². The molecule has 3 nitrogen and oxygen atoms in total. The van der Waals surface area contributed by atoms with Crippen LogP contribution in [0.1, 0.15) is 32.6 Å². The summed E-state index contributed by atoms with van der Waals surface area (Å²) in [7, 11) is 0. The Labute approximate surface area is 72.2 Å². The number of rotatable bonds is 1. The van der Waals surface area contributed by atoms with Gasteiger partial charge in [-0.05, 0) is 32.1 Å². The Morgan fingerprint density at radius 3 is 3.00 bits per heavy atom. The lowest BCUT2D eigenvalue weighted by Gasteiger charge is -2.24. The number of fused-ring (bicyclic) bond motifs is 1. The summed E-state index contributed by atoms with van der Waals surface area (Å²) in [5, 5.41) is 12.4. The second-order valence-electron chi connectivity index (χ2n) is 4.15. The van der Waals surface area contributed by atoms with E-state index < -0.39 is 11.5 Å². The van der Waals surface area contributed by atoms with Crippen molar-refractivity contribution in [2.45, 2.75) is 44.2 Å². The highest BCUT2D eigenvalue weighted by Gasteiger charge is 2.53. The van der Waals surface area contributed by atoms with E-state index in [2.05, 4.69) is 12.2 Å². The topological polar surface area (TPSA) is 49.3 Å². The number of nitrogens with one attached hydrogen (secondary N) is 1. The molecule has 1 saturated heterocycles. The first-order valence-electron chi connectivity index (χ1n) is 4.66. The maximum atomic E-state index is 11.1. The van der Waals surface area contributed by atoms with Crippen LogP contribution in [0.15, 0.2) is 0 Å². The van der Waals surface area contributed by atoms with E-state index in [1.807, 2.05) is 0 Å². The number of hydrogen-bond acceptors (Lipinski definition) is 2. The molecule has 0 spiro atoms. The molecule has 3 heteroatoms. The number of carboxylic acids is 1. The Balaban J connectivity index is 2.26. The van der Waals surface area contributed by atoms with Crippen LogP contribution in [0.3, 0.4) is 0 Å². The third kappa shape index (κ3) is 0.891. The Morgan fingerprint density at radius 1 is 1.67 bits per heavy atom. The number of aliphatic carboxylic acids is 1. The summed E-state index contributed by atoms with van der Waals surface area (Å²) in [6.07, 6.45) is 4.00. The molecule has 0 unspecified atom stereocenters. The molecule has 68 valence electrons. The molecular weight excluding hydrogens is 154 g/mol. The van der Waals surface area contributed by atoms with Gasteiger partial charge in [0.15, 0.2) is 0 Å². The van der Waals surface area contributed by atoms with E-state index in [1.165, 1.54) is 0 Å². The van der Waals surface area contributed by atoms with Gasteiger partial charge in [-0.3, -0.25) is 10.1 Å². The van der Waals surface area contributed by atoms with E-state index >= 15 is 0 Å². The zero-order chi connectivity index (χ0) is 8.77. The van der Waals surface area contributed by atoms with E-state index in [9.17, 15) is 4.79 Å². The molecule has 1 aliphatic heterocycles. The molecule has 2 aliphatic rings. The summed E-state index contributed by atoms with van der Waals surface area (Å²) in [5.74, 6) is -0.264. The molecule has 1 aliphatic carbocycles. The summed E-state index contributed by atoms with van der Waals surface area (Å²) >= 11 is 0. The van der Waals surface area contributed by atoms with Gasteiger partial charge < -0.3 is 5.11 Å². The number of hydrogen-bond donors (Lipinski definition) is 2. The van der Waals surface area contributed by atoms with Crippen LogP contribution in [0.25, 0.3) is 0 Å². The fourth-order valence-electron chi connectivity index (χ4n) is 2.86. The van der Waals surface area contributed by atoms with E-state index in [1.54, 1.807) is 0 Å². The summed E-state index contributed by atoms with van der Waals surface area (Å²) in [5.41, 5.74) is -0.556. The van der Waals surface area contributed by atoms with Crippen molar-refractivity contribution in [2.75, 3.05) is 0 Å². The van der Waals surface area contributed by atoms with Gasteiger partial charge in [0.05, 0.1) is 0 Å². The minimum Gasteiger partial charge on any atom is -0.480 e. The first kappa shape index (κ1) is 8.05. The first-order valence-corrected chi connectivity index (χ1v) is 4.66. The van der Waals surface area contributed by atoms with Gasteiger partial charge in [0.25, 0.3) is 0 Å². The predicted octanol–water partition coefficient (Wildman–Crippen LogP) is 0.992. The second-order valence-corrected chi connectivity index (χ2v) is 4.15. The smallest absolute Gasteiger partial charge is 0.324 e. The van der Waals surface area contributed by atoms with Crippen molar-refractivity contribution in [3.63, 3.8) is 0 Å². The molecule has 0 aromatic rings. The minimum atomic E-state index is -0.644. The largest absolute Gasteiger partial charge is 0.480 e. The Bertz CT molecular complexity index is 217. The molecule has 2 N–H and O–H groups in total. The van der Waals surface area contributed by atoms with E-state index in [-0.39, 0.29) is 0 Å². The van der Waals surface area contributed by atoms with Gasteiger partial charge in [0.2, 0.25) is 0 Å². The van der Waals surface area contributed by atoms with Gasteiger partial charge in [-0.25, -0.2) is 0 Å². The summed E-state index contributed by atoms with van der Waals surface area (Å²) in [6, 6.07) is 0.381. The highest BCUT2D eigenvalue weighted by molar-refractivity contribution is 5.80. The van der Waals surface area contributed by atoms with Crippen LogP contribution < -0.4 is 5.32 Å². The third-order valence-electron chi connectivity index (χ3n) is 3.34. The molecule has 2 rings (SSSR count). The predicted molar refractivity (Wildman–Crippen MR) is 44.9 cm³/mol. The maximum Gasteiger partial charge on any atom is 0.324 e. The van der Waals surface area contributed by atoms with Gasteiger partial charge in [0.1, 0.15) is 5.54 Å². The number of carbonyl (C=O) groups is 1. The monoisotopic (exact) mass is 169 g/mol. The average Bonchev–Trinajstić information content (AvgIpc) is 2.42. The minimum absolute atomic E-state index is 0.380.